The summed E-state index contributed by atoms with van der Waals surface area (Å²) in [5, 5.41) is 3.03. The lowest BCUT2D eigenvalue weighted by molar-refractivity contribution is -0.123. The number of nitrogens with one attached hydrogen (secondary N) is 1. The second kappa shape index (κ2) is 10.6. The Balaban J connectivity index is 2.36. The maximum absolute atomic E-state index is 13.4. The molecule has 2 aromatic carbocycles. The number of sulfonamides is 1. The highest BCUT2D eigenvalue weighted by molar-refractivity contribution is 7.92. The van der Waals surface area contributed by atoms with Crippen molar-refractivity contribution in [3.63, 3.8) is 0 Å². The molecule has 0 aliphatic rings. The highest BCUT2D eigenvalue weighted by Gasteiger charge is 2.32. The largest absolute Gasteiger partial charge is 0.497 e. The highest BCUT2D eigenvalue weighted by atomic mass is 32.2. The van der Waals surface area contributed by atoms with Gasteiger partial charge in [-0.05, 0) is 60.7 Å². The van der Waals surface area contributed by atoms with Crippen molar-refractivity contribution in [2.24, 2.45) is 5.92 Å². The molecule has 31 heavy (non-hydrogen) atoms. The number of halogens is 1. The third-order valence-corrected chi connectivity index (χ3v) is 6.13. The number of hydrogen-bond acceptors (Lipinski definition) is 4. The van der Waals surface area contributed by atoms with Gasteiger partial charge in [0.05, 0.1) is 25.1 Å². The van der Waals surface area contributed by atoms with Crippen LogP contribution < -0.4 is 14.4 Å². The number of hydrogen-bond donors (Lipinski definition) is 1. The molecule has 0 fully saturated rings. The van der Waals surface area contributed by atoms with Gasteiger partial charge in [-0.15, -0.1) is 0 Å². The van der Waals surface area contributed by atoms with Crippen LogP contribution in [0.3, 0.4) is 0 Å². The van der Waals surface area contributed by atoms with Crippen molar-refractivity contribution in [1.82, 2.24) is 5.32 Å². The minimum atomic E-state index is -3.79. The molecule has 2 atom stereocenters. The number of amides is 1. The van der Waals surface area contributed by atoms with Crippen LogP contribution in [-0.4, -0.2) is 33.7 Å². The quantitative estimate of drug-likeness (QED) is 0.586. The van der Waals surface area contributed by atoms with Crippen LogP contribution in [0.15, 0.2) is 48.5 Å². The minimum Gasteiger partial charge on any atom is -0.497 e. The molecule has 0 spiro atoms. The van der Waals surface area contributed by atoms with Crippen molar-refractivity contribution in [2.75, 3.05) is 17.7 Å². The van der Waals surface area contributed by atoms with Crippen molar-refractivity contribution in [1.29, 1.82) is 0 Å². The molecule has 1 N–H and O–H groups in total. The molecule has 0 unspecified atom stereocenters. The lowest BCUT2D eigenvalue weighted by Crippen LogP contribution is -2.50. The van der Waals surface area contributed by atoms with Gasteiger partial charge < -0.3 is 10.1 Å². The Labute approximate surface area is 184 Å². The summed E-state index contributed by atoms with van der Waals surface area (Å²) in [5.41, 5.74) is 1.15. The first-order chi connectivity index (χ1) is 14.6. The number of carbonyl (C=O) groups is 1. The molecule has 8 heteroatoms. The summed E-state index contributed by atoms with van der Waals surface area (Å²) in [6, 6.07) is 11.3. The molecule has 0 aliphatic heterocycles. The van der Waals surface area contributed by atoms with E-state index in [2.05, 4.69) is 19.2 Å². The van der Waals surface area contributed by atoms with Gasteiger partial charge >= 0.3 is 0 Å². The molecule has 0 radical (unpaired) electrons. The maximum Gasteiger partial charge on any atom is 0.244 e. The number of anilines is 1. The molecule has 6 nitrogen and oxygen atoms in total. The van der Waals surface area contributed by atoms with Crippen LogP contribution in [0.25, 0.3) is 0 Å². The molecule has 0 saturated carbocycles. The second-order valence-corrected chi connectivity index (χ2v) is 9.78. The van der Waals surface area contributed by atoms with Crippen LogP contribution >= 0.6 is 0 Å². The molecule has 2 aromatic rings. The van der Waals surface area contributed by atoms with Crippen molar-refractivity contribution >= 4 is 21.6 Å². The lowest BCUT2D eigenvalue weighted by Gasteiger charge is -2.32. The van der Waals surface area contributed by atoms with Crippen molar-refractivity contribution in [3.8, 4) is 5.75 Å². The lowest BCUT2D eigenvalue weighted by atomic mass is 9.96. The summed E-state index contributed by atoms with van der Waals surface area (Å²) < 4.78 is 44.8. The summed E-state index contributed by atoms with van der Waals surface area (Å²) in [5.74, 6) is 0.130. The van der Waals surface area contributed by atoms with Crippen LogP contribution in [-0.2, 0) is 14.8 Å². The summed E-state index contributed by atoms with van der Waals surface area (Å²) in [6.07, 6.45) is 1.98. The Kier molecular flexibility index (Phi) is 8.44. The van der Waals surface area contributed by atoms with Gasteiger partial charge in [-0.2, -0.15) is 0 Å². The number of carbonyl (C=O) groups excluding carboxylic acids is 1. The van der Waals surface area contributed by atoms with E-state index in [4.69, 9.17) is 4.74 Å². The SMILES string of the molecule is CC[C@@H](C(=O)N[C@H](CC(C)C)c1ccc(OC)cc1)N(c1ccc(F)cc1)S(C)(=O)=O. The predicted molar refractivity (Wildman–Crippen MR) is 121 cm³/mol. The monoisotopic (exact) mass is 450 g/mol. The predicted octanol–water partition coefficient (Wildman–Crippen LogP) is 4.28. The van der Waals surface area contributed by atoms with E-state index in [1.54, 1.807) is 14.0 Å². The van der Waals surface area contributed by atoms with Gasteiger partial charge in [0.1, 0.15) is 17.6 Å². The normalized spacial score (nSPS) is 13.5. The molecule has 0 aromatic heterocycles. The molecule has 0 saturated heterocycles. The van der Waals surface area contributed by atoms with E-state index >= 15 is 0 Å². The number of benzene rings is 2. The van der Waals surface area contributed by atoms with Crippen molar-refractivity contribution in [3.05, 3.63) is 59.9 Å². The zero-order valence-electron chi connectivity index (χ0n) is 18.6. The maximum atomic E-state index is 13.4. The van der Waals surface area contributed by atoms with Crippen LogP contribution in [0.1, 0.15) is 45.2 Å². The average molecular weight is 451 g/mol. The Morgan fingerprint density at radius 3 is 2.13 bits per heavy atom. The minimum absolute atomic E-state index is 0.246. The smallest absolute Gasteiger partial charge is 0.244 e. The first kappa shape index (κ1) is 24.7. The molecule has 2 rings (SSSR count). The van der Waals surface area contributed by atoms with Crippen LogP contribution in [0.4, 0.5) is 10.1 Å². The van der Waals surface area contributed by atoms with Crippen molar-refractivity contribution in [2.45, 2.75) is 45.7 Å². The fourth-order valence-corrected chi connectivity index (χ4v) is 4.71. The second-order valence-electron chi connectivity index (χ2n) is 7.92. The Hall–Kier alpha value is -2.61. The average Bonchev–Trinajstić information content (AvgIpc) is 2.71. The zero-order valence-corrected chi connectivity index (χ0v) is 19.4. The number of rotatable bonds is 10. The Bertz CT molecular complexity index is 960. The number of methoxy groups -OCH3 is 1. The van der Waals surface area contributed by atoms with E-state index in [0.717, 1.165) is 16.1 Å². The fraction of sp³-hybridized carbons (Fsp3) is 0.435. The van der Waals surface area contributed by atoms with E-state index in [9.17, 15) is 17.6 Å². The van der Waals surface area contributed by atoms with Gasteiger partial charge in [-0.25, -0.2) is 12.8 Å². The van der Waals surface area contributed by atoms with E-state index in [-0.39, 0.29) is 18.2 Å². The van der Waals surface area contributed by atoms with E-state index in [1.165, 1.54) is 24.3 Å². The molecule has 0 heterocycles. The van der Waals surface area contributed by atoms with Gasteiger partial charge in [0.25, 0.3) is 0 Å². The van der Waals surface area contributed by atoms with Gasteiger partial charge in [-0.3, -0.25) is 9.10 Å². The summed E-state index contributed by atoms with van der Waals surface area (Å²) in [4.78, 5) is 13.3. The summed E-state index contributed by atoms with van der Waals surface area (Å²) in [7, 11) is -2.20. The van der Waals surface area contributed by atoms with E-state index in [1.807, 2.05) is 24.3 Å². The van der Waals surface area contributed by atoms with Crippen LogP contribution in [0.2, 0.25) is 0 Å². The molecular formula is C23H31FN2O4S. The van der Waals surface area contributed by atoms with Gasteiger partial charge in [-0.1, -0.05) is 32.9 Å². The molecule has 170 valence electrons. The van der Waals surface area contributed by atoms with E-state index < -0.39 is 27.8 Å². The third-order valence-electron chi connectivity index (χ3n) is 4.95. The van der Waals surface area contributed by atoms with Crippen LogP contribution in [0.5, 0.6) is 5.75 Å². The van der Waals surface area contributed by atoms with E-state index in [0.29, 0.717) is 18.1 Å². The molecule has 0 bridgehead atoms. The fourth-order valence-electron chi connectivity index (χ4n) is 3.50. The standard InChI is InChI=1S/C23H31FN2O4S/c1-6-22(26(31(5,28)29)19-11-9-18(24)10-12-19)23(27)25-21(15-16(2)3)17-7-13-20(30-4)14-8-17/h7-14,16,21-22H,6,15H2,1-5H3,(H,25,27)/t21-,22+/m1/s1. The zero-order chi connectivity index (χ0) is 23.2. The Morgan fingerprint density at radius 1 is 1.10 bits per heavy atom. The number of nitrogens with zero attached hydrogens (tertiary/aromatic N) is 1. The van der Waals surface area contributed by atoms with Crippen molar-refractivity contribution < 1.29 is 22.3 Å². The molecule has 1 amide bonds. The summed E-state index contributed by atoms with van der Waals surface area (Å²) in [6.45, 7) is 5.86. The summed E-state index contributed by atoms with van der Waals surface area (Å²) >= 11 is 0. The van der Waals surface area contributed by atoms with Gasteiger partial charge in [0, 0.05) is 0 Å². The van der Waals surface area contributed by atoms with Gasteiger partial charge in [0.2, 0.25) is 15.9 Å². The molecule has 0 aliphatic carbocycles. The Morgan fingerprint density at radius 2 is 1.68 bits per heavy atom. The van der Waals surface area contributed by atoms with Gasteiger partial charge in [0.15, 0.2) is 0 Å². The number of ether oxygens (including phenoxy) is 1. The van der Waals surface area contributed by atoms with Crippen LogP contribution in [0, 0.1) is 11.7 Å². The topological polar surface area (TPSA) is 75.7 Å². The highest BCUT2D eigenvalue weighted by Crippen LogP contribution is 2.26. The first-order valence-corrected chi connectivity index (χ1v) is 12.1. The third kappa shape index (κ3) is 6.69. The molecular weight excluding hydrogens is 419 g/mol. The first-order valence-electron chi connectivity index (χ1n) is 10.3.